The first-order valence-electron chi connectivity index (χ1n) is 3.81. The quantitative estimate of drug-likeness (QED) is 0.692. The molecule has 1 aromatic heterocycles. The normalized spacial score (nSPS) is 10.6. The number of fused-ring (bicyclic) bond motifs is 1. The number of H-pyrrole nitrogens is 1. The molecule has 1 N–H and O–H groups in total. The van der Waals surface area contributed by atoms with E-state index in [1.807, 2.05) is 0 Å². The van der Waals surface area contributed by atoms with E-state index in [0.717, 1.165) is 6.07 Å². The second-order valence-corrected chi connectivity index (χ2v) is 2.73. The van der Waals surface area contributed by atoms with Crippen LogP contribution in [0.15, 0.2) is 24.9 Å². The number of benzene rings is 1. The minimum Gasteiger partial charge on any atom is -0.361 e. The summed E-state index contributed by atoms with van der Waals surface area (Å²) in [5.41, 5.74) is 1.15. The third kappa shape index (κ3) is 1.04. The van der Waals surface area contributed by atoms with Gasteiger partial charge >= 0.3 is 0 Å². The molecule has 0 fully saturated rings. The summed E-state index contributed by atoms with van der Waals surface area (Å²) in [7, 11) is 0. The summed E-state index contributed by atoms with van der Waals surface area (Å²) < 4.78 is 26.1. The van der Waals surface area contributed by atoms with Crippen molar-refractivity contribution in [3.05, 3.63) is 42.1 Å². The molecule has 0 saturated carbocycles. The SMILES string of the molecule is C=Cc1cc(F)c(F)c2cc[nH]c12. The molecule has 1 aromatic carbocycles. The van der Waals surface area contributed by atoms with Gasteiger partial charge in [-0.15, -0.1) is 0 Å². The summed E-state index contributed by atoms with van der Waals surface area (Å²) in [5.74, 6) is -1.66. The highest BCUT2D eigenvalue weighted by atomic mass is 19.2. The van der Waals surface area contributed by atoms with E-state index >= 15 is 0 Å². The van der Waals surface area contributed by atoms with E-state index in [0.29, 0.717) is 11.1 Å². The van der Waals surface area contributed by atoms with Crippen molar-refractivity contribution in [2.75, 3.05) is 0 Å². The maximum atomic E-state index is 13.1. The van der Waals surface area contributed by atoms with Crippen LogP contribution >= 0.6 is 0 Å². The third-order valence-corrected chi connectivity index (χ3v) is 1.98. The Morgan fingerprint density at radius 2 is 2.15 bits per heavy atom. The fourth-order valence-electron chi connectivity index (χ4n) is 1.35. The molecule has 0 spiro atoms. The predicted octanol–water partition coefficient (Wildman–Crippen LogP) is 3.09. The highest BCUT2D eigenvalue weighted by molar-refractivity contribution is 5.88. The molecule has 0 radical (unpaired) electrons. The third-order valence-electron chi connectivity index (χ3n) is 1.98. The molecule has 13 heavy (non-hydrogen) atoms. The van der Waals surface area contributed by atoms with Crippen LogP contribution in [-0.4, -0.2) is 4.98 Å². The van der Waals surface area contributed by atoms with Crippen molar-refractivity contribution >= 4 is 17.0 Å². The first-order valence-corrected chi connectivity index (χ1v) is 3.81. The molecule has 66 valence electrons. The van der Waals surface area contributed by atoms with Gasteiger partial charge in [0.2, 0.25) is 0 Å². The number of rotatable bonds is 1. The number of hydrogen-bond acceptors (Lipinski definition) is 0. The van der Waals surface area contributed by atoms with Gasteiger partial charge in [-0.2, -0.15) is 0 Å². The van der Waals surface area contributed by atoms with E-state index in [4.69, 9.17) is 0 Å². The van der Waals surface area contributed by atoms with Crippen LogP contribution in [0, 0.1) is 11.6 Å². The van der Waals surface area contributed by atoms with Crippen molar-refractivity contribution < 1.29 is 8.78 Å². The monoisotopic (exact) mass is 179 g/mol. The highest BCUT2D eigenvalue weighted by Gasteiger charge is 2.10. The van der Waals surface area contributed by atoms with Gasteiger partial charge in [0.05, 0.1) is 5.52 Å². The Morgan fingerprint density at radius 1 is 1.38 bits per heavy atom. The fraction of sp³-hybridized carbons (Fsp3) is 0. The maximum absolute atomic E-state index is 13.1. The van der Waals surface area contributed by atoms with E-state index in [9.17, 15) is 8.78 Å². The van der Waals surface area contributed by atoms with E-state index in [1.165, 1.54) is 12.1 Å². The van der Waals surface area contributed by atoms with Gasteiger partial charge in [0.1, 0.15) is 0 Å². The molecule has 1 heterocycles. The van der Waals surface area contributed by atoms with E-state index in [2.05, 4.69) is 11.6 Å². The Bertz CT molecular complexity index is 471. The molecule has 3 heteroatoms. The van der Waals surface area contributed by atoms with Crippen molar-refractivity contribution in [1.82, 2.24) is 4.98 Å². The van der Waals surface area contributed by atoms with Crippen molar-refractivity contribution in [2.24, 2.45) is 0 Å². The first kappa shape index (κ1) is 7.98. The van der Waals surface area contributed by atoms with Gasteiger partial charge < -0.3 is 4.98 Å². The minimum atomic E-state index is -0.845. The molecular weight excluding hydrogens is 172 g/mol. The molecule has 0 bridgehead atoms. The summed E-state index contributed by atoms with van der Waals surface area (Å²) in [6.07, 6.45) is 3.06. The lowest BCUT2D eigenvalue weighted by atomic mass is 10.1. The van der Waals surface area contributed by atoms with Crippen LogP contribution in [0.3, 0.4) is 0 Å². The summed E-state index contributed by atoms with van der Waals surface area (Å²) in [5, 5.41) is 0.259. The van der Waals surface area contributed by atoms with Crippen molar-refractivity contribution in [3.8, 4) is 0 Å². The van der Waals surface area contributed by atoms with Crippen molar-refractivity contribution in [3.63, 3.8) is 0 Å². The largest absolute Gasteiger partial charge is 0.361 e. The Balaban J connectivity index is 2.95. The molecule has 0 amide bonds. The van der Waals surface area contributed by atoms with Gasteiger partial charge in [0, 0.05) is 17.1 Å². The zero-order chi connectivity index (χ0) is 9.42. The van der Waals surface area contributed by atoms with Crippen LogP contribution < -0.4 is 0 Å². The lowest BCUT2D eigenvalue weighted by Crippen LogP contribution is -1.87. The van der Waals surface area contributed by atoms with E-state index in [1.54, 1.807) is 6.20 Å². The Hall–Kier alpha value is -1.64. The lowest BCUT2D eigenvalue weighted by molar-refractivity contribution is 0.517. The zero-order valence-corrected chi connectivity index (χ0v) is 6.77. The summed E-state index contributed by atoms with van der Waals surface area (Å²) in [4.78, 5) is 2.83. The minimum absolute atomic E-state index is 0.259. The first-order chi connectivity index (χ1) is 6.24. The second kappa shape index (κ2) is 2.69. The van der Waals surface area contributed by atoms with Crippen molar-refractivity contribution in [1.29, 1.82) is 0 Å². The smallest absolute Gasteiger partial charge is 0.168 e. The average Bonchev–Trinajstić information content (AvgIpc) is 2.60. The Labute approximate surface area is 73.7 Å². The van der Waals surface area contributed by atoms with Crippen LogP contribution in [0.4, 0.5) is 8.78 Å². The molecule has 0 aliphatic heterocycles. The number of aromatic nitrogens is 1. The Morgan fingerprint density at radius 3 is 2.85 bits per heavy atom. The lowest BCUT2D eigenvalue weighted by Gasteiger charge is -1.99. The van der Waals surface area contributed by atoms with Gasteiger partial charge in [-0.1, -0.05) is 12.7 Å². The standard InChI is InChI=1S/C10H7F2N/c1-2-6-5-8(11)9(12)7-3-4-13-10(6)7/h2-5,13H,1H2. The van der Waals surface area contributed by atoms with E-state index in [-0.39, 0.29) is 5.39 Å². The van der Waals surface area contributed by atoms with Gasteiger partial charge in [0.25, 0.3) is 0 Å². The van der Waals surface area contributed by atoms with Crippen LogP contribution in [-0.2, 0) is 0 Å². The second-order valence-electron chi connectivity index (χ2n) is 2.73. The number of hydrogen-bond donors (Lipinski definition) is 1. The molecular formula is C10H7F2N. The molecule has 2 aromatic rings. The van der Waals surface area contributed by atoms with Gasteiger partial charge in [-0.05, 0) is 12.1 Å². The summed E-state index contributed by atoms with van der Waals surface area (Å²) >= 11 is 0. The van der Waals surface area contributed by atoms with Gasteiger partial charge in [-0.3, -0.25) is 0 Å². The van der Waals surface area contributed by atoms with Crippen LogP contribution in [0.2, 0.25) is 0 Å². The molecule has 0 aliphatic carbocycles. The molecule has 1 nitrogen and oxygen atoms in total. The molecule has 0 saturated heterocycles. The van der Waals surface area contributed by atoms with Gasteiger partial charge in [0.15, 0.2) is 11.6 Å². The van der Waals surface area contributed by atoms with Crippen molar-refractivity contribution in [2.45, 2.75) is 0 Å². The molecule has 0 atom stereocenters. The fourth-order valence-corrected chi connectivity index (χ4v) is 1.35. The van der Waals surface area contributed by atoms with E-state index < -0.39 is 11.6 Å². The Kier molecular flexibility index (Phi) is 1.65. The number of nitrogens with one attached hydrogen (secondary N) is 1. The molecule has 0 aliphatic rings. The maximum Gasteiger partial charge on any atom is 0.168 e. The highest BCUT2D eigenvalue weighted by Crippen LogP contribution is 2.23. The topological polar surface area (TPSA) is 15.8 Å². The molecule has 2 rings (SSSR count). The van der Waals surface area contributed by atoms with Crippen LogP contribution in [0.5, 0.6) is 0 Å². The van der Waals surface area contributed by atoms with Gasteiger partial charge in [-0.25, -0.2) is 8.78 Å². The average molecular weight is 179 g/mol. The summed E-state index contributed by atoms with van der Waals surface area (Å²) in [6.45, 7) is 3.52. The molecule has 0 unspecified atom stereocenters. The van der Waals surface area contributed by atoms with Crippen LogP contribution in [0.25, 0.3) is 17.0 Å². The zero-order valence-electron chi connectivity index (χ0n) is 6.77. The summed E-state index contributed by atoms with van der Waals surface area (Å²) in [6, 6.07) is 2.63. The number of halogens is 2. The predicted molar refractivity (Wildman–Crippen MR) is 48.3 cm³/mol. The number of aromatic amines is 1. The van der Waals surface area contributed by atoms with Crippen LogP contribution in [0.1, 0.15) is 5.56 Å².